The van der Waals surface area contributed by atoms with E-state index in [2.05, 4.69) is 39.1 Å². The van der Waals surface area contributed by atoms with Gasteiger partial charge in [0, 0.05) is 17.9 Å². The maximum absolute atomic E-state index is 12.8. The molecule has 10 heteroatoms. The number of methoxy groups -OCH3 is 1. The van der Waals surface area contributed by atoms with Gasteiger partial charge in [0.2, 0.25) is 5.91 Å². The van der Waals surface area contributed by atoms with Crippen molar-refractivity contribution in [1.29, 1.82) is 0 Å². The van der Waals surface area contributed by atoms with E-state index in [4.69, 9.17) is 14.6 Å². The van der Waals surface area contributed by atoms with E-state index < -0.39 is 0 Å². The monoisotopic (exact) mass is 447 g/mol. The van der Waals surface area contributed by atoms with Crippen LogP contribution in [0.2, 0.25) is 0 Å². The Morgan fingerprint density at radius 3 is 2.85 bits per heavy atom. The van der Waals surface area contributed by atoms with Gasteiger partial charge in [-0.05, 0) is 30.5 Å². The highest BCUT2D eigenvalue weighted by atomic mass is 16.5. The molecular weight excluding hydrogens is 422 g/mol. The van der Waals surface area contributed by atoms with E-state index in [0.29, 0.717) is 53.2 Å². The van der Waals surface area contributed by atoms with Gasteiger partial charge in [-0.25, -0.2) is 15.0 Å². The lowest BCUT2D eigenvalue weighted by Gasteiger charge is -2.25. The lowest BCUT2D eigenvalue weighted by molar-refractivity contribution is -0.116. The zero-order valence-corrected chi connectivity index (χ0v) is 18.9. The molecule has 0 aliphatic carbocycles. The molecule has 1 aliphatic heterocycles. The van der Waals surface area contributed by atoms with Gasteiger partial charge in [0.05, 0.1) is 25.7 Å². The van der Waals surface area contributed by atoms with Crippen molar-refractivity contribution >= 4 is 22.9 Å². The van der Waals surface area contributed by atoms with Gasteiger partial charge in [-0.3, -0.25) is 4.79 Å². The Morgan fingerprint density at radius 1 is 1.21 bits per heavy atom. The third-order valence-electron chi connectivity index (χ3n) is 5.67. The molecule has 0 fully saturated rings. The number of benzene rings is 1. The number of ether oxygens (including phenoxy) is 2. The Hall–Kier alpha value is -3.95. The first-order valence-corrected chi connectivity index (χ1v) is 10.8. The first kappa shape index (κ1) is 20.9. The van der Waals surface area contributed by atoms with Crippen molar-refractivity contribution in [2.24, 2.45) is 5.92 Å². The largest absolute Gasteiger partial charge is 0.493 e. The fourth-order valence-electron chi connectivity index (χ4n) is 4.18. The standard InChI is InChI=1S/C23H25N7O3/c1-12(2)9-33-17-7-14(5-6-16(17)32-4)15-8-18(31)28-22-19(15)13(3)29-30(22)23-20-21(25-10-24-20)26-11-27-23/h5-7,10-12,15H,8-9H2,1-4H3,(H,28,31)(H,24,25,26,27). The van der Waals surface area contributed by atoms with Crippen LogP contribution < -0.4 is 14.8 Å². The van der Waals surface area contributed by atoms with Crippen molar-refractivity contribution in [3.05, 3.63) is 47.7 Å². The predicted octanol–water partition coefficient (Wildman–Crippen LogP) is 3.36. The van der Waals surface area contributed by atoms with Gasteiger partial charge in [-0.1, -0.05) is 19.9 Å². The van der Waals surface area contributed by atoms with Crippen LogP contribution in [0.3, 0.4) is 0 Å². The highest BCUT2D eigenvalue weighted by Crippen LogP contribution is 2.42. The number of rotatable bonds is 6. The average molecular weight is 447 g/mol. The molecule has 1 aromatic carbocycles. The van der Waals surface area contributed by atoms with Gasteiger partial charge < -0.3 is 19.8 Å². The van der Waals surface area contributed by atoms with Crippen LogP contribution in [0, 0.1) is 12.8 Å². The number of hydrogen-bond acceptors (Lipinski definition) is 7. The van der Waals surface area contributed by atoms with E-state index >= 15 is 0 Å². The molecule has 2 N–H and O–H groups in total. The van der Waals surface area contributed by atoms with Crippen molar-refractivity contribution in [2.75, 3.05) is 19.0 Å². The number of imidazole rings is 1. The summed E-state index contributed by atoms with van der Waals surface area (Å²) in [6, 6.07) is 5.82. The Bertz CT molecular complexity index is 1340. The van der Waals surface area contributed by atoms with Gasteiger partial charge in [0.15, 0.2) is 23.0 Å². The van der Waals surface area contributed by atoms with E-state index in [0.717, 1.165) is 16.8 Å². The van der Waals surface area contributed by atoms with Gasteiger partial charge in [-0.15, -0.1) is 0 Å². The van der Waals surface area contributed by atoms with Crippen LogP contribution in [-0.4, -0.2) is 49.3 Å². The molecule has 0 saturated heterocycles. The fourth-order valence-corrected chi connectivity index (χ4v) is 4.18. The molecule has 1 amide bonds. The van der Waals surface area contributed by atoms with E-state index in [9.17, 15) is 4.79 Å². The number of fused-ring (bicyclic) bond motifs is 2. The third-order valence-corrected chi connectivity index (χ3v) is 5.67. The number of hydrogen-bond donors (Lipinski definition) is 2. The molecule has 0 spiro atoms. The maximum atomic E-state index is 12.8. The summed E-state index contributed by atoms with van der Waals surface area (Å²) in [5.41, 5.74) is 3.89. The highest BCUT2D eigenvalue weighted by molar-refractivity contribution is 5.95. The molecule has 170 valence electrons. The predicted molar refractivity (Wildman–Crippen MR) is 122 cm³/mol. The number of carbonyl (C=O) groups excluding carboxylic acids is 1. The van der Waals surface area contributed by atoms with Gasteiger partial charge in [0.25, 0.3) is 0 Å². The summed E-state index contributed by atoms with van der Waals surface area (Å²) in [5.74, 6) is 2.55. The SMILES string of the molecule is COc1ccc(C2CC(=O)Nc3c2c(C)nn3-c2ncnc3nc[nH]c23)cc1OCC(C)C. The molecule has 4 aromatic rings. The zero-order chi connectivity index (χ0) is 23.1. The molecule has 0 saturated carbocycles. The minimum atomic E-state index is -0.186. The summed E-state index contributed by atoms with van der Waals surface area (Å²) in [6.07, 6.45) is 3.30. The molecule has 0 radical (unpaired) electrons. The summed E-state index contributed by atoms with van der Waals surface area (Å²) in [5, 5.41) is 7.72. The van der Waals surface area contributed by atoms with Crippen LogP contribution in [0.1, 0.15) is 43.0 Å². The maximum Gasteiger partial charge on any atom is 0.226 e. The topological polar surface area (TPSA) is 120 Å². The Labute approximate surface area is 190 Å². The molecule has 5 rings (SSSR count). The van der Waals surface area contributed by atoms with Gasteiger partial charge in [-0.2, -0.15) is 9.78 Å². The summed E-state index contributed by atoms with van der Waals surface area (Å²) < 4.78 is 13.1. The normalized spacial score (nSPS) is 15.5. The number of amides is 1. The number of carbonyl (C=O) groups is 1. The van der Waals surface area contributed by atoms with Crippen LogP contribution in [0.5, 0.6) is 11.5 Å². The van der Waals surface area contributed by atoms with Crippen molar-refractivity contribution in [2.45, 2.75) is 33.1 Å². The van der Waals surface area contributed by atoms with Crippen molar-refractivity contribution in [1.82, 2.24) is 29.7 Å². The van der Waals surface area contributed by atoms with Crippen molar-refractivity contribution in [3.8, 4) is 17.3 Å². The van der Waals surface area contributed by atoms with E-state index in [1.165, 1.54) is 6.33 Å². The summed E-state index contributed by atoms with van der Waals surface area (Å²) in [4.78, 5) is 28.6. The van der Waals surface area contributed by atoms with Gasteiger partial charge in [0.1, 0.15) is 17.7 Å². The van der Waals surface area contributed by atoms with E-state index in [1.807, 2.05) is 25.1 Å². The summed E-state index contributed by atoms with van der Waals surface area (Å²) in [6.45, 7) is 6.69. The van der Waals surface area contributed by atoms with E-state index in [1.54, 1.807) is 18.1 Å². The molecule has 1 atom stereocenters. The molecule has 10 nitrogen and oxygen atoms in total. The second kappa shape index (κ2) is 8.19. The molecule has 3 aromatic heterocycles. The molecular formula is C23H25N7O3. The highest BCUT2D eigenvalue weighted by Gasteiger charge is 2.34. The van der Waals surface area contributed by atoms with Crippen LogP contribution in [0.15, 0.2) is 30.9 Å². The van der Waals surface area contributed by atoms with Crippen molar-refractivity contribution < 1.29 is 14.3 Å². The first-order chi connectivity index (χ1) is 16.0. The van der Waals surface area contributed by atoms with Crippen LogP contribution in [0.4, 0.5) is 5.82 Å². The number of H-pyrrole nitrogens is 1. The molecule has 4 heterocycles. The van der Waals surface area contributed by atoms with Crippen LogP contribution in [0.25, 0.3) is 17.0 Å². The number of nitrogens with zero attached hydrogens (tertiary/aromatic N) is 5. The number of aryl methyl sites for hydroxylation is 1. The molecule has 0 bridgehead atoms. The Kier molecular flexibility index (Phi) is 5.20. The first-order valence-electron chi connectivity index (χ1n) is 10.8. The molecule has 1 aliphatic rings. The fraction of sp³-hybridized carbons (Fsp3) is 0.348. The lowest BCUT2D eigenvalue weighted by atomic mass is 9.85. The number of aromatic nitrogens is 6. The van der Waals surface area contributed by atoms with E-state index in [-0.39, 0.29) is 11.8 Å². The smallest absolute Gasteiger partial charge is 0.226 e. The minimum Gasteiger partial charge on any atom is -0.493 e. The second-order valence-electron chi connectivity index (χ2n) is 8.48. The summed E-state index contributed by atoms with van der Waals surface area (Å²) in [7, 11) is 1.62. The number of anilines is 1. The third kappa shape index (κ3) is 3.67. The van der Waals surface area contributed by atoms with Crippen molar-refractivity contribution in [3.63, 3.8) is 0 Å². The zero-order valence-electron chi connectivity index (χ0n) is 18.9. The number of nitrogens with one attached hydrogen (secondary N) is 2. The molecule has 33 heavy (non-hydrogen) atoms. The average Bonchev–Trinajstić information content (AvgIpc) is 3.41. The second-order valence-corrected chi connectivity index (χ2v) is 8.48. The quantitative estimate of drug-likeness (QED) is 0.465. The molecule has 1 unspecified atom stereocenters. The van der Waals surface area contributed by atoms with Gasteiger partial charge >= 0.3 is 0 Å². The minimum absolute atomic E-state index is 0.0935. The number of aromatic amines is 1. The summed E-state index contributed by atoms with van der Waals surface area (Å²) >= 11 is 0. The van der Waals surface area contributed by atoms with Crippen LogP contribution in [-0.2, 0) is 4.79 Å². The van der Waals surface area contributed by atoms with Crippen LogP contribution >= 0.6 is 0 Å². The Morgan fingerprint density at radius 2 is 2.06 bits per heavy atom. The Balaban J connectivity index is 1.61. The lowest BCUT2D eigenvalue weighted by Crippen LogP contribution is -2.25.